The lowest BCUT2D eigenvalue weighted by molar-refractivity contribution is 0.0572. The number of hydrogen-bond acceptors (Lipinski definition) is 3. The first-order chi connectivity index (χ1) is 6.06. The smallest absolute Gasteiger partial charge is 0.0938 e. The highest BCUT2D eigenvalue weighted by molar-refractivity contribution is 4.87. The highest BCUT2D eigenvalue weighted by Gasteiger charge is 2.33. The van der Waals surface area contributed by atoms with Gasteiger partial charge in [0, 0.05) is 19.1 Å². The molecule has 0 aliphatic carbocycles. The Kier molecular flexibility index (Phi) is 3.71. The summed E-state index contributed by atoms with van der Waals surface area (Å²) in [5.41, 5.74) is 0. The van der Waals surface area contributed by atoms with Gasteiger partial charge in [-0.05, 0) is 12.8 Å². The quantitative estimate of drug-likeness (QED) is 0.674. The lowest BCUT2D eigenvalue weighted by Gasteiger charge is -2.28. The molecular weight excluding hydrogens is 166 g/mol. The maximum absolute atomic E-state index is 9.38. The van der Waals surface area contributed by atoms with E-state index in [1.165, 1.54) is 0 Å². The Morgan fingerprint density at radius 3 is 2.08 bits per heavy atom. The molecule has 1 aliphatic rings. The summed E-state index contributed by atoms with van der Waals surface area (Å²) >= 11 is 0. The largest absolute Gasteiger partial charge is 0.389 e. The second kappa shape index (κ2) is 4.40. The number of β-amino-alcohol motifs (C(OH)–C–C–N with tert-alkyl or cyclic N) is 2. The minimum absolute atomic E-state index is 0.455. The van der Waals surface area contributed by atoms with Gasteiger partial charge in [0.2, 0.25) is 0 Å². The van der Waals surface area contributed by atoms with E-state index in [2.05, 4.69) is 25.7 Å². The van der Waals surface area contributed by atoms with E-state index in [4.69, 9.17) is 0 Å². The van der Waals surface area contributed by atoms with Crippen LogP contribution in [0.2, 0.25) is 0 Å². The third kappa shape index (κ3) is 2.42. The topological polar surface area (TPSA) is 43.7 Å². The van der Waals surface area contributed by atoms with E-state index in [1.807, 2.05) is 0 Å². The van der Waals surface area contributed by atoms with E-state index in [0.717, 1.165) is 6.42 Å². The van der Waals surface area contributed by atoms with Gasteiger partial charge in [-0.2, -0.15) is 0 Å². The second-order valence-electron chi connectivity index (χ2n) is 4.21. The summed E-state index contributed by atoms with van der Waals surface area (Å²) in [6.45, 7) is 7.78. The van der Waals surface area contributed by atoms with E-state index in [1.54, 1.807) is 0 Å². The van der Waals surface area contributed by atoms with Crippen LogP contribution >= 0.6 is 0 Å². The van der Waals surface area contributed by atoms with Gasteiger partial charge >= 0.3 is 0 Å². The van der Waals surface area contributed by atoms with Crippen molar-refractivity contribution in [2.45, 2.75) is 45.4 Å². The number of aliphatic hydroxyl groups is 2. The minimum Gasteiger partial charge on any atom is -0.389 e. The fourth-order valence-electron chi connectivity index (χ4n) is 1.83. The molecule has 0 amide bonds. The number of hydrogen-bond donors (Lipinski definition) is 2. The van der Waals surface area contributed by atoms with E-state index in [9.17, 15) is 10.2 Å². The SMILES string of the molecule is CCC(C)C(C)N1CC(O)C(O)C1. The van der Waals surface area contributed by atoms with Crippen molar-refractivity contribution in [1.29, 1.82) is 0 Å². The molecule has 1 fully saturated rings. The van der Waals surface area contributed by atoms with Gasteiger partial charge in [0.05, 0.1) is 12.2 Å². The highest BCUT2D eigenvalue weighted by Crippen LogP contribution is 2.19. The summed E-state index contributed by atoms with van der Waals surface area (Å²) in [6, 6.07) is 0.455. The van der Waals surface area contributed by atoms with Gasteiger partial charge in [-0.1, -0.05) is 20.3 Å². The number of rotatable bonds is 3. The monoisotopic (exact) mass is 187 g/mol. The Morgan fingerprint density at radius 1 is 1.23 bits per heavy atom. The average molecular weight is 187 g/mol. The average Bonchev–Trinajstić information content (AvgIpc) is 2.44. The van der Waals surface area contributed by atoms with Crippen LogP contribution in [0, 0.1) is 5.92 Å². The molecule has 1 rings (SSSR count). The third-order valence-corrected chi connectivity index (χ3v) is 3.33. The van der Waals surface area contributed by atoms with Crippen LogP contribution < -0.4 is 0 Å². The Bertz CT molecular complexity index is 153. The van der Waals surface area contributed by atoms with Crippen molar-refractivity contribution < 1.29 is 10.2 Å². The van der Waals surface area contributed by atoms with Crippen LogP contribution in [0.15, 0.2) is 0 Å². The molecule has 1 aliphatic heterocycles. The van der Waals surface area contributed by atoms with E-state index < -0.39 is 12.2 Å². The van der Waals surface area contributed by atoms with Gasteiger partial charge in [-0.25, -0.2) is 0 Å². The summed E-state index contributed by atoms with van der Waals surface area (Å²) in [5.74, 6) is 0.623. The van der Waals surface area contributed by atoms with Crippen molar-refractivity contribution >= 4 is 0 Å². The lowest BCUT2D eigenvalue weighted by atomic mass is 10.00. The highest BCUT2D eigenvalue weighted by atomic mass is 16.3. The van der Waals surface area contributed by atoms with Crippen LogP contribution in [-0.2, 0) is 0 Å². The van der Waals surface area contributed by atoms with Crippen molar-refractivity contribution in [2.75, 3.05) is 13.1 Å². The predicted octanol–water partition coefficient (Wildman–Crippen LogP) is 0.458. The molecule has 1 saturated heterocycles. The molecule has 0 aromatic rings. The summed E-state index contributed by atoms with van der Waals surface area (Å²) in [6.07, 6.45) is 0.0437. The zero-order valence-corrected chi connectivity index (χ0v) is 8.77. The third-order valence-electron chi connectivity index (χ3n) is 3.33. The van der Waals surface area contributed by atoms with Crippen LogP contribution in [0.25, 0.3) is 0 Å². The zero-order valence-electron chi connectivity index (χ0n) is 8.77. The van der Waals surface area contributed by atoms with Crippen LogP contribution in [0.3, 0.4) is 0 Å². The zero-order chi connectivity index (χ0) is 10.0. The van der Waals surface area contributed by atoms with Gasteiger partial charge in [-0.15, -0.1) is 0 Å². The molecule has 0 saturated carbocycles. The van der Waals surface area contributed by atoms with Crippen molar-refractivity contribution in [2.24, 2.45) is 5.92 Å². The Morgan fingerprint density at radius 2 is 1.69 bits per heavy atom. The molecule has 1 heterocycles. The van der Waals surface area contributed by atoms with Gasteiger partial charge in [0.25, 0.3) is 0 Å². The molecule has 0 spiro atoms. The molecule has 3 heteroatoms. The molecule has 0 radical (unpaired) electrons. The van der Waals surface area contributed by atoms with Crippen molar-refractivity contribution in [3.63, 3.8) is 0 Å². The first kappa shape index (κ1) is 11.0. The van der Waals surface area contributed by atoms with Crippen LogP contribution in [0.1, 0.15) is 27.2 Å². The number of likely N-dealkylation sites (tertiary alicyclic amines) is 1. The summed E-state index contributed by atoms with van der Waals surface area (Å²) in [4.78, 5) is 2.17. The lowest BCUT2D eigenvalue weighted by Crippen LogP contribution is -2.36. The standard InChI is InChI=1S/C10H21NO2/c1-4-7(2)8(3)11-5-9(12)10(13)6-11/h7-10,12-13H,4-6H2,1-3H3. The molecule has 4 unspecified atom stereocenters. The second-order valence-corrected chi connectivity index (χ2v) is 4.21. The van der Waals surface area contributed by atoms with Crippen molar-refractivity contribution in [3.05, 3.63) is 0 Å². The maximum Gasteiger partial charge on any atom is 0.0938 e. The summed E-state index contributed by atoms with van der Waals surface area (Å²) < 4.78 is 0. The van der Waals surface area contributed by atoms with E-state index in [-0.39, 0.29) is 0 Å². The molecule has 4 atom stereocenters. The van der Waals surface area contributed by atoms with Gasteiger partial charge in [0.15, 0.2) is 0 Å². The van der Waals surface area contributed by atoms with Gasteiger partial charge in [-0.3, -0.25) is 4.90 Å². The Balaban J connectivity index is 2.45. The molecule has 13 heavy (non-hydrogen) atoms. The molecular formula is C10H21NO2. The molecule has 0 aromatic carbocycles. The number of nitrogens with zero attached hydrogens (tertiary/aromatic N) is 1. The Labute approximate surface area is 80.4 Å². The molecule has 0 aromatic heterocycles. The summed E-state index contributed by atoms with van der Waals surface area (Å²) in [7, 11) is 0. The van der Waals surface area contributed by atoms with Gasteiger partial charge < -0.3 is 10.2 Å². The van der Waals surface area contributed by atoms with E-state index >= 15 is 0 Å². The predicted molar refractivity (Wildman–Crippen MR) is 52.5 cm³/mol. The van der Waals surface area contributed by atoms with Crippen molar-refractivity contribution in [3.8, 4) is 0 Å². The summed E-state index contributed by atoms with van der Waals surface area (Å²) in [5, 5.41) is 18.8. The minimum atomic E-state index is -0.550. The van der Waals surface area contributed by atoms with Gasteiger partial charge in [0.1, 0.15) is 0 Å². The van der Waals surface area contributed by atoms with E-state index in [0.29, 0.717) is 25.0 Å². The molecule has 78 valence electrons. The molecule has 3 nitrogen and oxygen atoms in total. The molecule has 2 N–H and O–H groups in total. The normalized spacial score (nSPS) is 34.8. The first-order valence-electron chi connectivity index (χ1n) is 5.16. The first-order valence-corrected chi connectivity index (χ1v) is 5.16. The fraction of sp³-hybridized carbons (Fsp3) is 1.00. The molecule has 0 bridgehead atoms. The van der Waals surface area contributed by atoms with Crippen LogP contribution in [0.4, 0.5) is 0 Å². The maximum atomic E-state index is 9.38. The Hall–Kier alpha value is -0.120. The van der Waals surface area contributed by atoms with Crippen LogP contribution in [0.5, 0.6) is 0 Å². The number of aliphatic hydroxyl groups excluding tert-OH is 2. The van der Waals surface area contributed by atoms with Crippen LogP contribution in [-0.4, -0.2) is 46.5 Å². The fourth-order valence-corrected chi connectivity index (χ4v) is 1.83. The van der Waals surface area contributed by atoms with Crippen molar-refractivity contribution in [1.82, 2.24) is 4.90 Å².